The summed E-state index contributed by atoms with van der Waals surface area (Å²) < 4.78 is 16.5. The second kappa shape index (κ2) is 6.80. The minimum atomic E-state index is -3.49. The number of nitro benzene ring substituents is 1. The van der Waals surface area contributed by atoms with Gasteiger partial charge in [-0.3, -0.25) is 14.7 Å². The van der Waals surface area contributed by atoms with Gasteiger partial charge in [-0.15, -0.1) is 0 Å². The lowest BCUT2D eigenvalue weighted by Gasteiger charge is -2.17. The predicted molar refractivity (Wildman–Crippen MR) is 72.4 cm³/mol. The maximum Gasteiger partial charge on any atom is 0.327 e. The fourth-order valence-corrected chi connectivity index (χ4v) is 2.21. The van der Waals surface area contributed by atoms with Crippen LogP contribution in [0.25, 0.3) is 0 Å². The van der Waals surface area contributed by atoms with Crippen molar-refractivity contribution < 1.29 is 18.9 Å². The number of nitrogens with zero attached hydrogens (tertiary/aromatic N) is 1. The van der Waals surface area contributed by atoms with Crippen LogP contribution < -0.4 is 0 Å². The molecule has 0 aliphatic carbocycles. The summed E-state index contributed by atoms with van der Waals surface area (Å²) in [6.45, 7) is 3.66. The van der Waals surface area contributed by atoms with Crippen molar-refractivity contribution in [2.45, 2.75) is 26.2 Å². The summed E-state index contributed by atoms with van der Waals surface area (Å²) in [5.74, 6) is -0.0483. The third-order valence-electron chi connectivity index (χ3n) is 2.95. The average molecular weight is 287 g/mol. The van der Waals surface area contributed by atoms with Crippen LogP contribution in [0.2, 0.25) is 0 Å². The number of benzene rings is 1. The van der Waals surface area contributed by atoms with Gasteiger partial charge in [0.25, 0.3) is 5.69 Å². The Hall–Kier alpha value is -1.23. The van der Waals surface area contributed by atoms with Crippen molar-refractivity contribution in [1.29, 1.82) is 0 Å². The molecule has 0 radical (unpaired) electrons. The molecule has 1 rings (SSSR count). The van der Waals surface area contributed by atoms with E-state index in [1.54, 1.807) is 19.1 Å². The van der Waals surface area contributed by atoms with Crippen molar-refractivity contribution in [3.05, 3.63) is 39.9 Å². The molecule has 19 heavy (non-hydrogen) atoms. The van der Waals surface area contributed by atoms with Crippen molar-refractivity contribution in [2.24, 2.45) is 0 Å². The van der Waals surface area contributed by atoms with Crippen LogP contribution in [0.5, 0.6) is 0 Å². The zero-order valence-electron chi connectivity index (χ0n) is 11.0. The van der Waals surface area contributed by atoms with Gasteiger partial charge < -0.3 is 9.42 Å². The molecule has 0 fully saturated rings. The third kappa shape index (κ3) is 4.74. The van der Waals surface area contributed by atoms with Crippen molar-refractivity contribution in [2.75, 3.05) is 12.8 Å². The van der Waals surface area contributed by atoms with Crippen molar-refractivity contribution in [3.8, 4) is 0 Å². The van der Waals surface area contributed by atoms with E-state index < -0.39 is 12.5 Å². The molecule has 0 saturated heterocycles. The summed E-state index contributed by atoms with van der Waals surface area (Å²) in [6, 6.07) is 6.17. The van der Waals surface area contributed by atoms with Crippen molar-refractivity contribution >= 4 is 13.3 Å². The summed E-state index contributed by atoms with van der Waals surface area (Å²) in [6.07, 6.45) is 0.797. The minimum absolute atomic E-state index is 0.0286. The van der Waals surface area contributed by atoms with E-state index in [1.165, 1.54) is 12.1 Å². The Kier molecular flexibility index (Phi) is 5.66. The lowest BCUT2D eigenvalue weighted by Crippen LogP contribution is -2.07. The Morgan fingerprint density at radius 3 is 2.37 bits per heavy atom. The Labute approximate surface area is 112 Å². The average Bonchev–Trinajstić information content (AvgIpc) is 2.40. The van der Waals surface area contributed by atoms with Gasteiger partial charge in [-0.2, -0.15) is 0 Å². The molecule has 0 heterocycles. The standard InChI is InChI=1S/C12H18NO5P/c1-3-10(9-18-19(16,17)4-2)11-5-7-12(8-6-11)13(14)15/h5-8,10H,3-4,9H2,1-2H3,(H,16,17). The fourth-order valence-electron chi connectivity index (χ4n) is 1.62. The largest absolute Gasteiger partial charge is 0.327 e. The second-order valence-corrected chi connectivity index (χ2v) is 6.37. The van der Waals surface area contributed by atoms with Crippen molar-refractivity contribution in [3.63, 3.8) is 0 Å². The van der Waals surface area contributed by atoms with E-state index in [1.807, 2.05) is 6.92 Å². The molecule has 0 aromatic heterocycles. The quantitative estimate of drug-likeness (QED) is 0.472. The molecular weight excluding hydrogens is 269 g/mol. The number of rotatable bonds is 7. The first-order valence-corrected chi connectivity index (χ1v) is 7.86. The summed E-state index contributed by atoms with van der Waals surface area (Å²) in [4.78, 5) is 19.5. The molecule has 2 atom stereocenters. The number of hydrogen-bond acceptors (Lipinski definition) is 4. The molecule has 0 aliphatic rings. The predicted octanol–water partition coefficient (Wildman–Crippen LogP) is 3.31. The zero-order chi connectivity index (χ0) is 14.5. The Balaban J connectivity index is 2.74. The molecular formula is C12H18NO5P. The summed E-state index contributed by atoms with van der Waals surface area (Å²) >= 11 is 0. The first-order valence-electron chi connectivity index (χ1n) is 6.10. The maximum atomic E-state index is 11.4. The normalized spacial score (nSPS) is 15.7. The summed E-state index contributed by atoms with van der Waals surface area (Å²) in [5.41, 5.74) is 0.894. The number of hydrogen-bond donors (Lipinski definition) is 1. The van der Waals surface area contributed by atoms with Gasteiger partial charge in [-0.05, 0) is 12.0 Å². The van der Waals surface area contributed by atoms with E-state index in [0.29, 0.717) is 0 Å². The SMILES string of the molecule is CCC(COP(=O)(O)CC)c1ccc([N+](=O)[O-])cc1. The highest BCUT2D eigenvalue weighted by Gasteiger charge is 2.19. The van der Waals surface area contributed by atoms with Gasteiger partial charge in [0.15, 0.2) is 0 Å². The van der Waals surface area contributed by atoms with E-state index in [4.69, 9.17) is 4.52 Å². The van der Waals surface area contributed by atoms with Gasteiger partial charge in [0, 0.05) is 24.2 Å². The topological polar surface area (TPSA) is 89.7 Å². The van der Waals surface area contributed by atoms with Gasteiger partial charge in [0.05, 0.1) is 11.5 Å². The highest BCUT2D eigenvalue weighted by Crippen LogP contribution is 2.42. The van der Waals surface area contributed by atoms with Crippen LogP contribution in [-0.2, 0) is 9.09 Å². The fraction of sp³-hybridized carbons (Fsp3) is 0.500. The molecule has 0 bridgehead atoms. The second-order valence-electron chi connectivity index (χ2n) is 4.20. The van der Waals surface area contributed by atoms with Gasteiger partial charge in [-0.1, -0.05) is 26.0 Å². The molecule has 1 aromatic rings. The van der Waals surface area contributed by atoms with E-state index in [-0.39, 0.29) is 24.4 Å². The lowest BCUT2D eigenvalue weighted by molar-refractivity contribution is -0.384. The molecule has 1 aromatic carbocycles. The molecule has 0 amide bonds. The van der Waals surface area contributed by atoms with Gasteiger partial charge in [0.2, 0.25) is 0 Å². The summed E-state index contributed by atoms with van der Waals surface area (Å²) in [7, 11) is -3.49. The van der Waals surface area contributed by atoms with E-state index >= 15 is 0 Å². The third-order valence-corrected chi connectivity index (χ3v) is 4.30. The van der Waals surface area contributed by atoms with Gasteiger partial charge in [-0.25, -0.2) is 0 Å². The molecule has 7 heteroatoms. The lowest BCUT2D eigenvalue weighted by atomic mass is 9.97. The molecule has 106 valence electrons. The Morgan fingerprint density at radius 2 is 1.95 bits per heavy atom. The van der Waals surface area contributed by atoms with E-state index in [2.05, 4.69) is 0 Å². The molecule has 0 saturated carbocycles. The molecule has 6 nitrogen and oxygen atoms in total. The monoisotopic (exact) mass is 287 g/mol. The first kappa shape index (κ1) is 15.8. The van der Waals surface area contributed by atoms with Gasteiger partial charge >= 0.3 is 7.60 Å². The maximum absolute atomic E-state index is 11.4. The Morgan fingerprint density at radius 1 is 1.37 bits per heavy atom. The zero-order valence-corrected chi connectivity index (χ0v) is 11.9. The smallest absolute Gasteiger partial charge is 0.324 e. The first-order chi connectivity index (χ1) is 8.89. The minimum Gasteiger partial charge on any atom is -0.324 e. The van der Waals surface area contributed by atoms with Crippen LogP contribution in [0, 0.1) is 10.1 Å². The number of non-ortho nitro benzene ring substituents is 1. The Bertz CT molecular complexity index is 474. The van der Waals surface area contributed by atoms with Crippen LogP contribution in [-0.4, -0.2) is 22.6 Å². The van der Waals surface area contributed by atoms with E-state index in [9.17, 15) is 19.6 Å². The molecule has 0 aliphatic heterocycles. The molecule has 0 spiro atoms. The van der Waals surface area contributed by atoms with Gasteiger partial charge in [0.1, 0.15) is 0 Å². The molecule has 2 unspecified atom stereocenters. The van der Waals surface area contributed by atoms with Crippen LogP contribution in [0.3, 0.4) is 0 Å². The number of nitro groups is 1. The van der Waals surface area contributed by atoms with Crippen LogP contribution in [0.1, 0.15) is 31.7 Å². The van der Waals surface area contributed by atoms with Crippen molar-refractivity contribution in [1.82, 2.24) is 0 Å². The van der Waals surface area contributed by atoms with Crippen LogP contribution in [0.4, 0.5) is 5.69 Å². The van der Waals surface area contributed by atoms with E-state index in [0.717, 1.165) is 12.0 Å². The van der Waals surface area contributed by atoms with Crippen LogP contribution >= 0.6 is 7.60 Å². The van der Waals surface area contributed by atoms with Crippen LogP contribution in [0.15, 0.2) is 24.3 Å². The molecule has 1 N–H and O–H groups in total. The highest BCUT2D eigenvalue weighted by atomic mass is 31.2. The highest BCUT2D eigenvalue weighted by molar-refractivity contribution is 7.52. The summed E-state index contributed by atoms with van der Waals surface area (Å²) in [5, 5.41) is 10.6.